The van der Waals surface area contributed by atoms with E-state index in [1.807, 2.05) is 35.2 Å². The number of hydrogen-bond donors (Lipinski definition) is 1. The third kappa shape index (κ3) is 4.47. The number of aromatic nitrogens is 2. The number of benzene rings is 1. The second-order valence-corrected chi connectivity index (χ2v) is 8.39. The molecule has 30 heavy (non-hydrogen) atoms. The number of aryl methyl sites for hydroxylation is 2. The number of halogens is 3. The highest BCUT2D eigenvalue weighted by Gasteiger charge is 2.47. The lowest BCUT2D eigenvalue weighted by Gasteiger charge is -2.41. The number of rotatable bonds is 4. The number of piperidine rings is 1. The van der Waals surface area contributed by atoms with Crippen molar-refractivity contribution in [2.24, 2.45) is 5.92 Å². The van der Waals surface area contributed by atoms with Crippen LogP contribution in [0, 0.1) is 12.8 Å². The van der Waals surface area contributed by atoms with E-state index in [0.717, 1.165) is 23.1 Å². The van der Waals surface area contributed by atoms with Crippen molar-refractivity contribution in [3.63, 3.8) is 0 Å². The topological polar surface area (TPSA) is 50.2 Å². The van der Waals surface area contributed by atoms with E-state index >= 15 is 0 Å². The summed E-state index contributed by atoms with van der Waals surface area (Å²) in [6, 6.07) is 9.56. The molecule has 5 nitrogen and oxygen atoms in total. The molecule has 162 valence electrons. The van der Waals surface area contributed by atoms with Crippen LogP contribution in [0.3, 0.4) is 0 Å². The van der Waals surface area contributed by atoms with Crippen LogP contribution in [0.2, 0.25) is 0 Å². The Morgan fingerprint density at radius 1 is 1.27 bits per heavy atom. The molecule has 1 amide bonds. The van der Waals surface area contributed by atoms with Crippen LogP contribution in [-0.2, 0) is 11.2 Å². The van der Waals surface area contributed by atoms with Crippen molar-refractivity contribution < 1.29 is 18.0 Å². The van der Waals surface area contributed by atoms with Crippen LogP contribution >= 0.6 is 0 Å². The second kappa shape index (κ2) is 8.32. The van der Waals surface area contributed by atoms with Crippen LogP contribution in [0.25, 0.3) is 0 Å². The Bertz CT molecular complexity index is 880. The molecule has 2 aliphatic heterocycles. The van der Waals surface area contributed by atoms with E-state index in [9.17, 15) is 18.0 Å². The Morgan fingerprint density at radius 3 is 2.77 bits per heavy atom. The van der Waals surface area contributed by atoms with E-state index in [1.165, 1.54) is 0 Å². The fraction of sp³-hybridized carbons (Fsp3) is 0.545. The summed E-state index contributed by atoms with van der Waals surface area (Å²) < 4.78 is 42.1. The van der Waals surface area contributed by atoms with Crippen LogP contribution in [0.5, 0.6) is 0 Å². The second-order valence-electron chi connectivity index (χ2n) is 8.39. The summed E-state index contributed by atoms with van der Waals surface area (Å²) in [5.41, 5.74) is 1.68. The summed E-state index contributed by atoms with van der Waals surface area (Å²) in [6.45, 7) is 2.88. The first-order valence-corrected chi connectivity index (χ1v) is 10.5. The van der Waals surface area contributed by atoms with E-state index in [4.69, 9.17) is 0 Å². The summed E-state index contributed by atoms with van der Waals surface area (Å²) in [4.78, 5) is 14.6. The van der Waals surface area contributed by atoms with Crippen molar-refractivity contribution in [2.45, 2.75) is 57.3 Å². The largest absolute Gasteiger partial charge is 0.410 e. The number of alkyl halides is 3. The third-order valence-electron chi connectivity index (χ3n) is 6.19. The summed E-state index contributed by atoms with van der Waals surface area (Å²) in [6.07, 6.45) is -1.68. The standard InChI is InChI=1S/C22H27F3N4O/c1-15-12-20-26-18(13-19(22(23,24)25)29(20)27-15)17-8-5-11-28(14-17)21(30)10-9-16-6-3-2-4-7-16/h2-4,6-7,12,17-19,26H,5,8-11,13-14H2,1H3/t17-,18+,19-/m1/s1. The summed E-state index contributed by atoms with van der Waals surface area (Å²) in [7, 11) is 0. The maximum absolute atomic E-state index is 13.7. The van der Waals surface area contributed by atoms with Crippen LogP contribution in [0.4, 0.5) is 19.0 Å². The Kier molecular flexibility index (Phi) is 5.75. The minimum atomic E-state index is -4.35. The first kappa shape index (κ1) is 20.8. The van der Waals surface area contributed by atoms with Gasteiger partial charge in [0.1, 0.15) is 5.82 Å². The lowest BCUT2D eigenvalue weighted by Crippen LogP contribution is -2.49. The average Bonchev–Trinajstić information content (AvgIpc) is 3.11. The highest BCUT2D eigenvalue weighted by Crippen LogP contribution is 2.42. The molecular formula is C22H27F3N4O. The van der Waals surface area contributed by atoms with Gasteiger partial charge in [-0.3, -0.25) is 4.79 Å². The fourth-order valence-corrected chi connectivity index (χ4v) is 4.65. The van der Waals surface area contributed by atoms with E-state index in [0.29, 0.717) is 37.4 Å². The molecule has 0 spiro atoms. The van der Waals surface area contributed by atoms with Gasteiger partial charge in [0, 0.05) is 31.6 Å². The number of carbonyl (C=O) groups is 1. The predicted molar refractivity (Wildman–Crippen MR) is 108 cm³/mol. The van der Waals surface area contributed by atoms with Gasteiger partial charge in [-0.15, -0.1) is 0 Å². The van der Waals surface area contributed by atoms with Crippen LogP contribution < -0.4 is 5.32 Å². The lowest BCUT2D eigenvalue weighted by atomic mass is 9.85. The number of amides is 1. The molecule has 0 aliphatic carbocycles. The minimum absolute atomic E-state index is 0.00627. The maximum Gasteiger partial charge on any atom is 0.410 e. The molecular weight excluding hydrogens is 393 g/mol. The van der Waals surface area contributed by atoms with Crippen molar-refractivity contribution in [3.05, 3.63) is 47.7 Å². The van der Waals surface area contributed by atoms with E-state index < -0.39 is 12.2 Å². The molecule has 3 heterocycles. The molecule has 0 unspecified atom stereocenters. The van der Waals surface area contributed by atoms with Crippen molar-refractivity contribution in [1.82, 2.24) is 14.7 Å². The van der Waals surface area contributed by atoms with E-state index in [2.05, 4.69) is 10.4 Å². The van der Waals surface area contributed by atoms with Crippen LogP contribution in [0.1, 0.15) is 43.0 Å². The van der Waals surface area contributed by atoms with Crippen molar-refractivity contribution in [1.29, 1.82) is 0 Å². The average molecular weight is 420 g/mol. The molecule has 0 bridgehead atoms. The minimum Gasteiger partial charge on any atom is -0.367 e. The normalized spacial score (nSPS) is 24.3. The molecule has 2 aromatic rings. The number of anilines is 1. The molecule has 1 N–H and O–H groups in total. The molecule has 1 fully saturated rings. The summed E-state index contributed by atoms with van der Waals surface area (Å²) >= 11 is 0. The molecule has 3 atom stereocenters. The zero-order chi connectivity index (χ0) is 21.3. The van der Waals surface area contributed by atoms with Crippen molar-refractivity contribution >= 4 is 11.7 Å². The zero-order valence-corrected chi connectivity index (χ0v) is 17.0. The Hall–Kier alpha value is -2.51. The van der Waals surface area contributed by atoms with E-state index in [-0.39, 0.29) is 24.3 Å². The molecule has 2 aliphatic rings. The Morgan fingerprint density at radius 2 is 2.03 bits per heavy atom. The monoisotopic (exact) mass is 420 g/mol. The molecule has 0 radical (unpaired) electrons. The van der Waals surface area contributed by atoms with Crippen LogP contribution in [0.15, 0.2) is 36.4 Å². The first-order chi connectivity index (χ1) is 14.3. The summed E-state index contributed by atoms with van der Waals surface area (Å²) in [5.74, 6) is 0.486. The molecule has 4 rings (SSSR count). The van der Waals surface area contributed by atoms with Crippen molar-refractivity contribution in [3.8, 4) is 0 Å². The van der Waals surface area contributed by atoms with Gasteiger partial charge in [-0.1, -0.05) is 30.3 Å². The van der Waals surface area contributed by atoms with Crippen molar-refractivity contribution in [2.75, 3.05) is 18.4 Å². The highest BCUT2D eigenvalue weighted by molar-refractivity contribution is 5.76. The van der Waals surface area contributed by atoms with Gasteiger partial charge in [-0.25, -0.2) is 4.68 Å². The van der Waals surface area contributed by atoms with Gasteiger partial charge in [0.15, 0.2) is 6.04 Å². The lowest BCUT2D eigenvalue weighted by molar-refractivity contribution is -0.175. The molecule has 8 heteroatoms. The number of nitrogens with zero attached hydrogens (tertiary/aromatic N) is 3. The van der Waals surface area contributed by atoms with Gasteiger partial charge in [-0.2, -0.15) is 18.3 Å². The number of nitrogens with one attached hydrogen (secondary N) is 1. The van der Waals surface area contributed by atoms with Gasteiger partial charge in [0.05, 0.1) is 5.69 Å². The van der Waals surface area contributed by atoms with Gasteiger partial charge in [0.25, 0.3) is 0 Å². The quantitative estimate of drug-likeness (QED) is 0.800. The van der Waals surface area contributed by atoms with Gasteiger partial charge in [-0.05, 0) is 44.1 Å². The highest BCUT2D eigenvalue weighted by atomic mass is 19.4. The Labute approximate surface area is 174 Å². The van der Waals surface area contributed by atoms with Crippen LogP contribution in [-0.4, -0.2) is 45.9 Å². The van der Waals surface area contributed by atoms with Gasteiger partial charge >= 0.3 is 6.18 Å². The maximum atomic E-state index is 13.7. The Balaban J connectivity index is 1.42. The molecule has 1 aromatic carbocycles. The van der Waals surface area contributed by atoms with Gasteiger partial charge in [0.2, 0.25) is 5.91 Å². The van der Waals surface area contributed by atoms with E-state index in [1.54, 1.807) is 13.0 Å². The smallest absolute Gasteiger partial charge is 0.367 e. The SMILES string of the molecule is Cc1cc2n(n1)[C@@H](C(F)(F)F)C[C@@H]([C@@H]1CCCN(C(=O)CCc3ccccc3)C1)N2. The number of fused-ring (bicyclic) bond motifs is 1. The molecule has 1 aromatic heterocycles. The summed E-state index contributed by atoms with van der Waals surface area (Å²) in [5, 5.41) is 7.31. The number of carbonyl (C=O) groups excluding carboxylic acids is 1. The molecule has 1 saturated heterocycles. The number of hydrogen-bond acceptors (Lipinski definition) is 3. The zero-order valence-electron chi connectivity index (χ0n) is 17.0. The predicted octanol–water partition coefficient (Wildman–Crippen LogP) is 4.35. The fourth-order valence-electron chi connectivity index (χ4n) is 4.65. The molecule has 0 saturated carbocycles. The number of likely N-dealkylation sites (tertiary alicyclic amines) is 1. The first-order valence-electron chi connectivity index (χ1n) is 10.5. The van der Waals surface area contributed by atoms with Gasteiger partial charge < -0.3 is 10.2 Å². The third-order valence-corrected chi connectivity index (χ3v) is 6.19.